The largest absolute Gasteiger partial charge is 0.255 e. The minimum atomic E-state index is -0.460. The van der Waals surface area contributed by atoms with Gasteiger partial charge in [-0.25, -0.2) is 9.97 Å². The zero-order valence-corrected chi connectivity index (χ0v) is 38.7. The van der Waals surface area contributed by atoms with Gasteiger partial charge in [-0.05, 0) is 129 Å². The van der Waals surface area contributed by atoms with Crippen LogP contribution in [-0.2, 0) is 0 Å². The summed E-state index contributed by atoms with van der Waals surface area (Å²) in [5.41, 5.74) is 16.0. The summed E-state index contributed by atoms with van der Waals surface area (Å²) in [6.45, 7) is 18.5. The Labute approximate surface area is 388 Å². The fourth-order valence-corrected chi connectivity index (χ4v) is 9.41. The molecule has 4 aliphatic carbocycles. The van der Waals surface area contributed by atoms with E-state index in [1.165, 1.54) is 33.4 Å². The van der Waals surface area contributed by atoms with Crippen molar-refractivity contribution in [3.05, 3.63) is 214 Å². The van der Waals surface area contributed by atoms with Crippen molar-refractivity contribution in [2.75, 3.05) is 0 Å². The fraction of sp³-hybridized carbons (Fsp3) is 0.200. The molecule has 0 bridgehead atoms. The topological polar surface area (TPSA) is 77.3 Å². The third kappa shape index (κ3) is 7.49. The van der Waals surface area contributed by atoms with Gasteiger partial charge in [-0.3, -0.25) is 19.9 Å². The maximum Gasteiger partial charge on any atom is 0.0906 e. The molecule has 0 fully saturated rings. The summed E-state index contributed by atoms with van der Waals surface area (Å²) in [4.78, 5) is 28.6. The van der Waals surface area contributed by atoms with Gasteiger partial charge < -0.3 is 0 Å². The van der Waals surface area contributed by atoms with Crippen LogP contribution in [0.1, 0.15) is 66.5 Å². The van der Waals surface area contributed by atoms with Crippen molar-refractivity contribution >= 4 is 0 Å². The highest BCUT2D eigenvalue weighted by atomic mass is 14.8. The molecule has 10 rings (SSSR count). The van der Waals surface area contributed by atoms with Crippen LogP contribution < -0.4 is 0 Å². The molecule has 0 radical (unpaired) electrons. The Morgan fingerprint density at radius 3 is 1.26 bits per heavy atom. The first-order valence-electron chi connectivity index (χ1n) is 22.5. The van der Waals surface area contributed by atoms with Gasteiger partial charge in [-0.1, -0.05) is 128 Å². The molecule has 66 heavy (non-hydrogen) atoms. The second-order valence-corrected chi connectivity index (χ2v) is 19.7. The normalized spacial score (nSPS) is 19.6. The molecule has 0 aliphatic heterocycles. The summed E-state index contributed by atoms with van der Waals surface area (Å²) in [7, 11) is 0. The lowest BCUT2D eigenvalue weighted by Crippen LogP contribution is -2.49. The van der Waals surface area contributed by atoms with Crippen LogP contribution in [0.15, 0.2) is 203 Å². The molecule has 320 valence electrons. The third-order valence-electron chi connectivity index (χ3n) is 13.4. The Morgan fingerprint density at radius 2 is 0.833 bits per heavy atom. The van der Waals surface area contributed by atoms with Crippen LogP contribution >= 0.6 is 0 Å². The number of pyridine rings is 6. The van der Waals surface area contributed by atoms with Gasteiger partial charge in [0, 0.05) is 57.9 Å². The average molecular weight is 855 g/mol. The molecule has 6 aromatic rings. The van der Waals surface area contributed by atoms with E-state index < -0.39 is 10.8 Å². The van der Waals surface area contributed by atoms with Crippen LogP contribution in [0.3, 0.4) is 0 Å². The molecule has 6 aromatic heterocycles. The highest BCUT2D eigenvalue weighted by Gasteiger charge is 2.59. The monoisotopic (exact) mass is 854 g/mol. The van der Waals surface area contributed by atoms with Crippen molar-refractivity contribution in [2.24, 2.45) is 21.7 Å². The Kier molecular flexibility index (Phi) is 10.2. The summed E-state index contributed by atoms with van der Waals surface area (Å²) >= 11 is 0. The zero-order valence-electron chi connectivity index (χ0n) is 38.7. The standard InChI is InChI=1S/C60H50N6/c1-57(2,3)43-35-45-33-42(24-22-40-31-55(51-19-11-15-27-63-51)66-56(32-40)52-20-12-16-28-64-52)48-38-44(58(4,5)6)36-46-34-41(47(37-43)59(45,7)60(46,48)8)23-21-39-29-53(49-17-9-13-25-61-49)65-54(30-39)50-18-10-14-26-62-50/h9-20,25-38H,1-8H3/t59-,60+. The van der Waals surface area contributed by atoms with Crippen molar-refractivity contribution in [3.8, 4) is 69.2 Å². The number of nitrogens with zero attached hydrogens (tertiary/aromatic N) is 6. The summed E-state index contributed by atoms with van der Waals surface area (Å²) in [5.74, 6) is 14.8. The van der Waals surface area contributed by atoms with Gasteiger partial charge in [-0.15, -0.1) is 0 Å². The lowest BCUT2D eigenvalue weighted by Gasteiger charge is -2.58. The summed E-state index contributed by atoms with van der Waals surface area (Å²) in [5, 5.41) is 0. The molecule has 6 heteroatoms. The molecular weight excluding hydrogens is 805 g/mol. The molecule has 2 atom stereocenters. The molecule has 0 amide bonds. The maximum atomic E-state index is 5.01. The van der Waals surface area contributed by atoms with Gasteiger partial charge in [0.15, 0.2) is 0 Å². The van der Waals surface area contributed by atoms with E-state index in [9.17, 15) is 0 Å². The predicted molar refractivity (Wildman–Crippen MR) is 266 cm³/mol. The van der Waals surface area contributed by atoms with Crippen molar-refractivity contribution in [3.63, 3.8) is 0 Å². The van der Waals surface area contributed by atoms with Crippen LogP contribution in [0.5, 0.6) is 0 Å². The molecular formula is C60H50N6. The second-order valence-electron chi connectivity index (χ2n) is 19.7. The van der Waals surface area contributed by atoms with Gasteiger partial charge in [-0.2, -0.15) is 0 Å². The zero-order chi connectivity index (χ0) is 45.8. The van der Waals surface area contributed by atoms with Crippen LogP contribution in [0.25, 0.3) is 45.6 Å². The minimum Gasteiger partial charge on any atom is -0.255 e. The Bertz CT molecular complexity index is 3200. The van der Waals surface area contributed by atoms with Gasteiger partial charge >= 0.3 is 0 Å². The van der Waals surface area contributed by atoms with Gasteiger partial charge in [0.2, 0.25) is 0 Å². The first kappa shape index (κ1) is 42.2. The van der Waals surface area contributed by atoms with Crippen LogP contribution in [0.2, 0.25) is 0 Å². The SMILES string of the molecule is CC(C)(C)C1=CC2=CC(C#Cc3cc(-c4ccccn4)nc(-c4ccccn4)c3)=C3C=C(C(C)(C)C)C=C4C=C(C#Cc5cc(-c6ccccn6)nc(-c6ccccn6)c5)C(=C1)[C@]2(C)[C@@]43C. The lowest BCUT2D eigenvalue weighted by atomic mass is 9.44. The fourth-order valence-electron chi connectivity index (χ4n) is 9.41. The summed E-state index contributed by atoms with van der Waals surface area (Å²) < 4.78 is 0. The molecule has 0 aromatic carbocycles. The molecule has 0 unspecified atom stereocenters. The van der Waals surface area contributed by atoms with E-state index >= 15 is 0 Å². The molecule has 0 spiro atoms. The van der Waals surface area contributed by atoms with Crippen molar-refractivity contribution in [2.45, 2.75) is 55.4 Å². The Balaban J connectivity index is 1.17. The molecule has 6 nitrogen and oxygen atoms in total. The molecule has 6 heterocycles. The van der Waals surface area contributed by atoms with Gasteiger partial charge in [0.1, 0.15) is 0 Å². The predicted octanol–water partition coefficient (Wildman–Crippen LogP) is 13.1. The summed E-state index contributed by atoms with van der Waals surface area (Å²) in [6, 6.07) is 31.6. The van der Waals surface area contributed by atoms with Crippen LogP contribution in [-0.4, -0.2) is 29.9 Å². The van der Waals surface area contributed by atoms with Crippen LogP contribution in [0, 0.1) is 45.3 Å². The number of aromatic nitrogens is 6. The van der Waals surface area contributed by atoms with E-state index in [1.807, 2.05) is 97.1 Å². The van der Waals surface area contributed by atoms with Gasteiger partial charge in [0.05, 0.1) is 45.6 Å². The minimum absolute atomic E-state index is 0.131. The number of hydrogen-bond acceptors (Lipinski definition) is 6. The molecule has 0 saturated heterocycles. The Hall–Kier alpha value is -7.80. The van der Waals surface area contributed by atoms with Crippen molar-refractivity contribution < 1.29 is 0 Å². The highest BCUT2D eigenvalue weighted by molar-refractivity contribution is 5.77. The van der Waals surface area contributed by atoms with E-state index in [0.717, 1.165) is 67.8 Å². The first-order valence-corrected chi connectivity index (χ1v) is 22.5. The van der Waals surface area contributed by atoms with Crippen molar-refractivity contribution in [1.82, 2.24) is 29.9 Å². The average Bonchev–Trinajstić information content (AvgIpc) is 3.32. The Morgan fingerprint density at radius 1 is 0.409 bits per heavy atom. The molecule has 0 saturated carbocycles. The molecule has 0 N–H and O–H groups in total. The maximum absolute atomic E-state index is 5.01. The smallest absolute Gasteiger partial charge is 0.0906 e. The lowest BCUT2D eigenvalue weighted by molar-refractivity contribution is 0.242. The summed E-state index contributed by atoms with van der Waals surface area (Å²) in [6.07, 6.45) is 21.5. The third-order valence-corrected chi connectivity index (χ3v) is 13.4. The molecule has 4 aliphatic rings. The number of hydrogen-bond donors (Lipinski definition) is 0. The van der Waals surface area contributed by atoms with Crippen molar-refractivity contribution in [1.29, 1.82) is 0 Å². The van der Waals surface area contributed by atoms with Gasteiger partial charge in [0.25, 0.3) is 0 Å². The van der Waals surface area contributed by atoms with E-state index in [2.05, 4.69) is 135 Å². The highest BCUT2D eigenvalue weighted by Crippen LogP contribution is 2.68. The van der Waals surface area contributed by atoms with E-state index in [-0.39, 0.29) is 10.8 Å². The van der Waals surface area contributed by atoms with Crippen LogP contribution in [0.4, 0.5) is 0 Å². The number of allylic oxidation sites excluding steroid dienone is 14. The van der Waals surface area contributed by atoms with E-state index in [4.69, 9.17) is 9.97 Å². The van der Waals surface area contributed by atoms with E-state index in [0.29, 0.717) is 0 Å². The first-order chi connectivity index (χ1) is 31.7. The second kappa shape index (κ2) is 16.0. The van der Waals surface area contributed by atoms with E-state index in [1.54, 1.807) is 24.8 Å². The quantitative estimate of drug-likeness (QED) is 0.164. The number of rotatable bonds is 4.